The molecule has 0 fully saturated rings. The minimum atomic E-state index is 0.523. The number of aromatic nitrogens is 3. The molecule has 3 heterocycles. The maximum absolute atomic E-state index is 8.85. The average molecular weight is 372 g/mol. The van der Waals surface area contributed by atoms with Crippen molar-refractivity contribution in [1.82, 2.24) is 15.0 Å². The second-order valence-corrected chi connectivity index (χ2v) is 7.05. The Bertz CT molecular complexity index is 1130. The molecule has 0 aliphatic carbocycles. The number of fused-ring (bicyclic) bond motifs is 1. The Labute approximate surface area is 160 Å². The van der Waals surface area contributed by atoms with Crippen LogP contribution in [0, 0.1) is 18.3 Å². The third-order valence-corrected chi connectivity index (χ3v) is 5.01. The molecule has 0 unspecified atom stereocenters. The van der Waals surface area contributed by atoms with Gasteiger partial charge in [0, 0.05) is 18.9 Å². The van der Waals surface area contributed by atoms with Gasteiger partial charge in [0.2, 0.25) is 0 Å². The zero-order valence-corrected chi connectivity index (χ0v) is 15.7. The van der Waals surface area contributed by atoms with Gasteiger partial charge in [0.25, 0.3) is 0 Å². The van der Waals surface area contributed by atoms with Crippen molar-refractivity contribution in [2.45, 2.75) is 6.92 Å². The Balaban J connectivity index is 1.59. The summed E-state index contributed by atoms with van der Waals surface area (Å²) in [6.45, 7) is 2.07. The molecule has 132 valence electrons. The number of nitrogens with zero attached hydrogens (tertiary/aromatic N) is 5. The summed E-state index contributed by atoms with van der Waals surface area (Å²) in [5.74, 6) is 1.50. The first-order chi connectivity index (χ1) is 13.1. The van der Waals surface area contributed by atoms with Gasteiger partial charge in [-0.1, -0.05) is 29.0 Å². The normalized spacial score (nSPS) is 10.6. The molecule has 7 heteroatoms. The average Bonchev–Trinajstić information content (AvgIpc) is 3.10. The fourth-order valence-electron chi connectivity index (χ4n) is 2.59. The van der Waals surface area contributed by atoms with Gasteiger partial charge < -0.3 is 10.2 Å². The number of nitriles is 1. The summed E-state index contributed by atoms with van der Waals surface area (Å²) in [7, 11) is 2.00. The van der Waals surface area contributed by atoms with E-state index in [1.165, 1.54) is 23.1 Å². The number of benzene rings is 1. The summed E-state index contributed by atoms with van der Waals surface area (Å²) in [5.41, 5.74) is 3.66. The summed E-state index contributed by atoms with van der Waals surface area (Å²) in [6, 6.07) is 17.8. The van der Waals surface area contributed by atoms with Crippen LogP contribution < -0.4 is 10.2 Å². The second kappa shape index (κ2) is 7.02. The topological polar surface area (TPSA) is 77.7 Å². The summed E-state index contributed by atoms with van der Waals surface area (Å²) < 4.78 is 0. The van der Waals surface area contributed by atoms with Crippen LogP contribution in [0.1, 0.15) is 11.1 Å². The molecule has 4 aromatic rings. The molecule has 6 nitrogen and oxygen atoms in total. The first kappa shape index (κ1) is 16.9. The van der Waals surface area contributed by atoms with Gasteiger partial charge in [-0.15, -0.1) is 0 Å². The summed E-state index contributed by atoms with van der Waals surface area (Å²) >= 11 is 1.47. The Hall–Kier alpha value is -3.50. The van der Waals surface area contributed by atoms with Crippen molar-refractivity contribution in [1.29, 1.82) is 5.26 Å². The lowest BCUT2D eigenvalue weighted by Crippen LogP contribution is -2.10. The van der Waals surface area contributed by atoms with Crippen LogP contribution in [-0.4, -0.2) is 22.0 Å². The number of anilines is 4. The lowest BCUT2D eigenvalue weighted by Gasteiger charge is -2.18. The molecular formula is C20H16N6S. The number of aryl methyl sites for hydroxylation is 1. The molecule has 0 spiro atoms. The highest BCUT2D eigenvalue weighted by Gasteiger charge is 2.10. The van der Waals surface area contributed by atoms with E-state index in [-0.39, 0.29) is 0 Å². The van der Waals surface area contributed by atoms with Gasteiger partial charge in [0.15, 0.2) is 5.13 Å². The van der Waals surface area contributed by atoms with Crippen molar-refractivity contribution < 1.29 is 0 Å². The Morgan fingerprint density at radius 2 is 1.85 bits per heavy atom. The highest BCUT2D eigenvalue weighted by molar-refractivity contribution is 7.21. The van der Waals surface area contributed by atoms with E-state index in [9.17, 15) is 0 Å². The van der Waals surface area contributed by atoms with Crippen LogP contribution >= 0.6 is 11.3 Å². The highest BCUT2D eigenvalue weighted by Crippen LogP contribution is 2.30. The molecule has 0 saturated heterocycles. The van der Waals surface area contributed by atoms with E-state index in [0.29, 0.717) is 16.5 Å². The SMILES string of the molecule is Cc1ccc(N(C)c2ccc3nc(Nc4ccc(C#N)cn4)sc3n2)cc1. The number of hydrogen-bond donors (Lipinski definition) is 1. The number of thiazole rings is 1. The summed E-state index contributed by atoms with van der Waals surface area (Å²) in [5, 5.41) is 12.7. The predicted octanol–water partition coefficient (Wildman–Crippen LogP) is 4.78. The molecule has 0 amide bonds. The molecule has 0 bridgehead atoms. The lowest BCUT2D eigenvalue weighted by molar-refractivity contribution is 1.15. The summed E-state index contributed by atoms with van der Waals surface area (Å²) in [4.78, 5) is 16.4. The van der Waals surface area contributed by atoms with Crippen LogP contribution in [0.5, 0.6) is 0 Å². The van der Waals surface area contributed by atoms with Crippen molar-refractivity contribution in [2.75, 3.05) is 17.3 Å². The Morgan fingerprint density at radius 1 is 1.04 bits per heavy atom. The fourth-order valence-corrected chi connectivity index (χ4v) is 3.43. The number of rotatable bonds is 4. The molecule has 0 atom stereocenters. The van der Waals surface area contributed by atoms with E-state index in [4.69, 9.17) is 10.2 Å². The number of nitrogens with one attached hydrogen (secondary N) is 1. The molecular weight excluding hydrogens is 356 g/mol. The molecule has 3 aromatic heterocycles. The van der Waals surface area contributed by atoms with Crippen molar-refractivity contribution in [3.63, 3.8) is 0 Å². The van der Waals surface area contributed by atoms with Crippen LogP contribution in [0.4, 0.5) is 22.5 Å². The van der Waals surface area contributed by atoms with E-state index in [2.05, 4.69) is 52.5 Å². The zero-order valence-electron chi connectivity index (χ0n) is 14.8. The highest BCUT2D eigenvalue weighted by atomic mass is 32.1. The third-order valence-electron chi connectivity index (χ3n) is 4.13. The summed E-state index contributed by atoms with van der Waals surface area (Å²) in [6.07, 6.45) is 1.53. The van der Waals surface area contributed by atoms with E-state index in [1.807, 2.05) is 24.1 Å². The molecule has 1 aromatic carbocycles. The van der Waals surface area contributed by atoms with Crippen molar-refractivity contribution in [3.8, 4) is 6.07 Å². The monoisotopic (exact) mass is 372 g/mol. The quantitative estimate of drug-likeness (QED) is 0.555. The van der Waals surface area contributed by atoms with E-state index in [1.54, 1.807) is 12.1 Å². The van der Waals surface area contributed by atoms with Crippen molar-refractivity contribution >= 4 is 44.1 Å². The van der Waals surface area contributed by atoms with Crippen molar-refractivity contribution in [2.24, 2.45) is 0 Å². The van der Waals surface area contributed by atoms with Gasteiger partial charge in [-0.05, 0) is 43.3 Å². The standard InChI is InChI=1S/C20H16N6S/c1-13-3-6-15(7-4-13)26(2)18-10-8-16-19(25-18)27-20(23-16)24-17-9-5-14(11-21)12-22-17/h3-10,12H,1-2H3,(H,22,23,24). The van der Waals surface area contributed by atoms with Crippen LogP contribution in [0.15, 0.2) is 54.7 Å². The second-order valence-electron chi connectivity index (χ2n) is 6.08. The van der Waals surface area contributed by atoms with Gasteiger partial charge in [-0.3, -0.25) is 0 Å². The molecule has 27 heavy (non-hydrogen) atoms. The van der Waals surface area contributed by atoms with Gasteiger partial charge in [-0.25, -0.2) is 15.0 Å². The van der Waals surface area contributed by atoms with Crippen LogP contribution in [-0.2, 0) is 0 Å². The smallest absolute Gasteiger partial charge is 0.190 e. The van der Waals surface area contributed by atoms with Gasteiger partial charge in [-0.2, -0.15) is 5.26 Å². The maximum Gasteiger partial charge on any atom is 0.190 e. The minimum Gasteiger partial charge on any atom is -0.329 e. The molecule has 0 aliphatic rings. The molecule has 1 N–H and O–H groups in total. The van der Waals surface area contributed by atoms with E-state index < -0.39 is 0 Å². The molecule has 0 aliphatic heterocycles. The third kappa shape index (κ3) is 3.57. The molecule has 0 radical (unpaired) electrons. The van der Waals surface area contributed by atoms with Crippen molar-refractivity contribution in [3.05, 3.63) is 65.9 Å². The van der Waals surface area contributed by atoms with Gasteiger partial charge in [0.1, 0.15) is 28.1 Å². The first-order valence-electron chi connectivity index (χ1n) is 8.33. The van der Waals surface area contributed by atoms with E-state index in [0.717, 1.165) is 21.9 Å². The first-order valence-corrected chi connectivity index (χ1v) is 9.15. The largest absolute Gasteiger partial charge is 0.329 e. The molecule has 0 saturated carbocycles. The van der Waals surface area contributed by atoms with Crippen LogP contribution in [0.2, 0.25) is 0 Å². The number of hydrogen-bond acceptors (Lipinski definition) is 7. The van der Waals surface area contributed by atoms with Gasteiger partial charge >= 0.3 is 0 Å². The fraction of sp³-hybridized carbons (Fsp3) is 0.100. The van der Waals surface area contributed by atoms with Gasteiger partial charge in [0.05, 0.1) is 5.56 Å². The van der Waals surface area contributed by atoms with E-state index >= 15 is 0 Å². The predicted molar refractivity (Wildman–Crippen MR) is 109 cm³/mol. The van der Waals surface area contributed by atoms with Crippen LogP contribution in [0.25, 0.3) is 10.3 Å². The minimum absolute atomic E-state index is 0.523. The maximum atomic E-state index is 8.85. The Morgan fingerprint density at radius 3 is 2.56 bits per heavy atom. The number of pyridine rings is 2. The lowest BCUT2D eigenvalue weighted by atomic mass is 10.2. The zero-order chi connectivity index (χ0) is 18.8. The van der Waals surface area contributed by atoms with Crippen LogP contribution in [0.3, 0.4) is 0 Å². The Kier molecular flexibility index (Phi) is 4.40. The molecule has 4 rings (SSSR count).